The van der Waals surface area contributed by atoms with Gasteiger partial charge < -0.3 is 20.1 Å². The highest BCUT2D eigenvalue weighted by molar-refractivity contribution is 7.92. The summed E-state index contributed by atoms with van der Waals surface area (Å²) < 4.78 is 34.6. The summed E-state index contributed by atoms with van der Waals surface area (Å²) in [6, 6.07) is 9.90. The number of carbonyl (C=O) groups is 1. The van der Waals surface area contributed by atoms with Gasteiger partial charge in [-0.1, -0.05) is 18.2 Å². The van der Waals surface area contributed by atoms with Crippen LogP contribution >= 0.6 is 0 Å². The first-order valence-electron chi connectivity index (χ1n) is 10.3. The van der Waals surface area contributed by atoms with Crippen molar-refractivity contribution in [2.75, 3.05) is 43.8 Å². The highest BCUT2D eigenvalue weighted by atomic mass is 32.2. The van der Waals surface area contributed by atoms with E-state index in [9.17, 15) is 18.3 Å². The number of nitrogens with zero attached hydrogens (tertiary/aromatic N) is 1. The molecule has 166 valence electrons. The van der Waals surface area contributed by atoms with Gasteiger partial charge in [-0.25, -0.2) is 13.2 Å². The minimum atomic E-state index is -4.02. The Morgan fingerprint density at radius 1 is 1.19 bits per heavy atom. The zero-order valence-electron chi connectivity index (χ0n) is 17.6. The highest BCUT2D eigenvalue weighted by Crippen LogP contribution is 2.55. The fraction of sp³-hybridized carbons (Fsp3) is 0.409. The number of hydrogen-bond donors (Lipinski definition) is 3. The smallest absolute Gasteiger partial charge is 0.341 e. The van der Waals surface area contributed by atoms with E-state index in [0.717, 1.165) is 24.9 Å². The molecule has 0 spiro atoms. The third kappa shape index (κ3) is 4.47. The van der Waals surface area contributed by atoms with Crippen molar-refractivity contribution in [3.63, 3.8) is 0 Å². The average Bonchev–Trinajstić information content (AvgIpc) is 3.50. The van der Waals surface area contributed by atoms with Gasteiger partial charge in [0.1, 0.15) is 16.2 Å². The summed E-state index contributed by atoms with van der Waals surface area (Å²) in [7, 11) is -0.0645. The lowest BCUT2D eigenvalue weighted by Crippen LogP contribution is -2.20. The Bertz CT molecular complexity index is 1100. The van der Waals surface area contributed by atoms with Crippen LogP contribution in [0.3, 0.4) is 0 Å². The maximum absolute atomic E-state index is 13.2. The molecule has 2 aromatic carbocycles. The SMILES string of the molecule is CN(C)CCCNc1ccccc1S(=O)(=O)Nc1ccc2c(c1C(=O)O)OCC1CC21. The Morgan fingerprint density at radius 2 is 1.97 bits per heavy atom. The molecule has 4 rings (SSSR count). The van der Waals surface area contributed by atoms with Crippen molar-refractivity contribution in [1.82, 2.24) is 4.90 Å². The number of carboxylic acids is 1. The van der Waals surface area contributed by atoms with E-state index in [0.29, 0.717) is 30.7 Å². The van der Waals surface area contributed by atoms with Crippen LogP contribution in [-0.4, -0.2) is 58.2 Å². The van der Waals surface area contributed by atoms with Gasteiger partial charge in [0.05, 0.1) is 18.0 Å². The average molecular weight is 446 g/mol. The number of benzene rings is 2. The number of hydrogen-bond acceptors (Lipinski definition) is 6. The molecule has 2 unspecified atom stereocenters. The molecule has 0 bridgehead atoms. The van der Waals surface area contributed by atoms with E-state index in [-0.39, 0.29) is 21.9 Å². The van der Waals surface area contributed by atoms with E-state index < -0.39 is 16.0 Å². The van der Waals surface area contributed by atoms with Crippen LogP contribution in [0.4, 0.5) is 11.4 Å². The van der Waals surface area contributed by atoms with Gasteiger partial charge in [-0.05, 0) is 63.2 Å². The number of aromatic carboxylic acids is 1. The van der Waals surface area contributed by atoms with Crippen LogP contribution in [0, 0.1) is 5.92 Å². The van der Waals surface area contributed by atoms with Gasteiger partial charge in [-0.3, -0.25) is 4.72 Å². The molecule has 0 amide bonds. The third-order valence-electron chi connectivity index (χ3n) is 5.68. The molecule has 0 saturated heterocycles. The maximum atomic E-state index is 13.2. The van der Waals surface area contributed by atoms with Gasteiger partial charge in [-0.15, -0.1) is 0 Å². The Hall–Kier alpha value is -2.78. The molecular weight excluding hydrogens is 418 g/mol. The number of ether oxygens (including phenoxy) is 1. The van der Waals surface area contributed by atoms with Crippen molar-refractivity contribution in [2.24, 2.45) is 5.92 Å². The van der Waals surface area contributed by atoms with Crippen molar-refractivity contribution < 1.29 is 23.1 Å². The lowest BCUT2D eigenvalue weighted by Gasteiger charge is -2.21. The molecule has 1 saturated carbocycles. The van der Waals surface area contributed by atoms with Crippen molar-refractivity contribution in [3.8, 4) is 5.75 Å². The van der Waals surface area contributed by atoms with Crippen LogP contribution in [0.5, 0.6) is 5.75 Å². The fourth-order valence-corrected chi connectivity index (χ4v) is 5.27. The lowest BCUT2D eigenvalue weighted by atomic mass is 10.0. The number of carboxylic acid groups (broad SMARTS) is 1. The Kier molecular flexibility index (Phi) is 5.81. The first-order valence-corrected chi connectivity index (χ1v) is 11.8. The number of para-hydroxylation sites is 1. The Labute approximate surface area is 182 Å². The van der Waals surface area contributed by atoms with Crippen LogP contribution in [-0.2, 0) is 10.0 Å². The summed E-state index contributed by atoms with van der Waals surface area (Å²) in [4.78, 5) is 14.1. The molecule has 1 aliphatic heterocycles. The molecule has 9 heteroatoms. The quantitative estimate of drug-likeness (QED) is 0.509. The van der Waals surface area contributed by atoms with Crippen LogP contribution in [0.1, 0.15) is 34.7 Å². The van der Waals surface area contributed by atoms with E-state index >= 15 is 0 Å². The molecule has 2 aliphatic rings. The molecule has 2 atom stereocenters. The van der Waals surface area contributed by atoms with E-state index in [1.807, 2.05) is 14.1 Å². The number of fused-ring (bicyclic) bond motifs is 3. The predicted octanol–water partition coefficient (Wildman–Crippen LogP) is 3.05. The maximum Gasteiger partial charge on any atom is 0.341 e. The second-order valence-corrected chi connectivity index (χ2v) is 9.96. The van der Waals surface area contributed by atoms with Crippen LogP contribution in [0.15, 0.2) is 41.3 Å². The summed E-state index contributed by atoms with van der Waals surface area (Å²) in [5.41, 5.74) is 1.19. The zero-order valence-corrected chi connectivity index (χ0v) is 18.4. The molecule has 1 fully saturated rings. The van der Waals surface area contributed by atoms with Gasteiger partial charge >= 0.3 is 5.97 Å². The van der Waals surface area contributed by atoms with Crippen molar-refractivity contribution in [1.29, 1.82) is 0 Å². The second-order valence-electron chi connectivity index (χ2n) is 8.31. The molecule has 1 aliphatic carbocycles. The number of sulfonamides is 1. The van der Waals surface area contributed by atoms with Crippen molar-refractivity contribution in [2.45, 2.75) is 23.7 Å². The van der Waals surface area contributed by atoms with Crippen LogP contribution < -0.4 is 14.8 Å². The molecule has 0 radical (unpaired) electrons. The molecule has 8 nitrogen and oxygen atoms in total. The van der Waals surface area contributed by atoms with Crippen LogP contribution in [0.2, 0.25) is 0 Å². The van der Waals surface area contributed by atoms with Gasteiger partial charge in [0.25, 0.3) is 10.0 Å². The summed E-state index contributed by atoms with van der Waals surface area (Å²) in [6.07, 6.45) is 1.83. The van der Waals surface area contributed by atoms with Gasteiger partial charge in [0.2, 0.25) is 0 Å². The summed E-state index contributed by atoms with van der Waals surface area (Å²) in [5, 5.41) is 13.0. The van der Waals surface area contributed by atoms with Crippen molar-refractivity contribution in [3.05, 3.63) is 47.5 Å². The van der Waals surface area contributed by atoms with Crippen LogP contribution in [0.25, 0.3) is 0 Å². The molecule has 31 heavy (non-hydrogen) atoms. The summed E-state index contributed by atoms with van der Waals surface area (Å²) in [6.45, 7) is 1.95. The predicted molar refractivity (Wildman–Crippen MR) is 119 cm³/mol. The minimum Gasteiger partial charge on any atom is -0.492 e. The first kappa shape index (κ1) is 21.5. The first-order chi connectivity index (χ1) is 14.8. The van der Waals surface area contributed by atoms with Gasteiger partial charge in [0, 0.05) is 12.5 Å². The zero-order chi connectivity index (χ0) is 22.2. The van der Waals surface area contributed by atoms with Gasteiger partial charge in [-0.2, -0.15) is 0 Å². The standard InChI is InChI=1S/C22H27N3O5S/c1-25(2)11-5-10-23-17-6-3-4-7-19(17)31(28,29)24-18-9-8-15-16-12-14(16)13-30-21(15)20(18)22(26)27/h3-4,6-9,14,16,23-24H,5,10-13H2,1-2H3,(H,26,27). The minimum absolute atomic E-state index is 0.00719. The summed E-state index contributed by atoms with van der Waals surface area (Å²) in [5.74, 6) is -0.202. The van der Waals surface area contributed by atoms with Crippen molar-refractivity contribution >= 4 is 27.4 Å². The molecular formula is C22H27N3O5S. The molecule has 1 heterocycles. The topological polar surface area (TPSA) is 108 Å². The number of nitrogens with one attached hydrogen (secondary N) is 2. The second kappa shape index (κ2) is 8.39. The monoisotopic (exact) mass is 445 g/mol. The number of anilines is 2. The molecule has 3 N–H and O–H groups in total. The number of rotatable bonds is 9. The lowest BCUT2D eigenvalue weighted by molar-refractivity contribution is 0.0692. The largest absolute Gasteiger partial charge is 0.492 e. The van der Waals surface area contributed by atoms with E-state index in [4.69, 9.17) is 4.74 Å². The van der Waals surface area contributed by atoms with Gasteiger partial charge in [0.15, 0.2) is 0 Å². The Balaban J connectivity index is 1.61. The van der Waals surface area contributed by atoms with E-state index in [1.165, 1.54) is 12.1 Å². The molecule has 2 aromatic rings. The normalized spacial score (nSPS) is 19.2. The van der Waals surface area contributed by atoms with E-state index in [2.05, 4.69) is 14.9 Å². The fourth-order valence-electron chi connectivity index (χ4n) is 4.01. The molecule has 0 aromatic heterocycles. The van der Waals surface area contributed by atoms with E-state index in [1.54, 1.807) is 24.3 Å². The summed E-state index contributed by atoms with van der Waals surface area (Å²) >= 11 is 0. The third-order valence-corrected chi connectivity index (χ3v) is 7.11. The Morgan fingerprint density at radius 3 is 2.71 bits per heavy atom. The highest BCUT2D eigenvalue weighted by Gasteiger charge is 2.45.